The lowest BCUT2D eigenvalue weighted by Gasteiger charge is -2.34. The van der Waals surface area contributed by atoms with Gasteiger partial charge in [-0.15, -0.1) is 5.11 Å². The molecule has 0 saturated carbocycles. The van der Waals surface area contributed by atoms with Crippen LogP contribution in [0.5, 0.6) is 0 Å². The van der Waals surface area contributed by atoms with Crippen LogP contribution in [0, 0.1) is 0 Å². The molecule has 10 heteroatoms. The van der Waals surface area contributed by atoms with E-state index in [1.165, 1.54) is 0 Å². The van der Waals surface area contributed by atoms with Gasteiger partial charge in [0.2, 0.25) is 5.88 Å². The van der Waals surface area contributed by atoms with Gasteiger partial charge in [0.15, 0.2) is 0 Å². The van der Waals surface area contributed by atoms with Crippen LogP contribution in [0.2, 0.25) is 10.0 Å². The van der Waals surface area contributed by atoms with Gasteiger partial charge in [-0.2, -0.15) is 5.01 Å². The molecule has 8 nitrogen and oxygen atoms in total. The van der Waals surface area contributed by atoms with Crippen molar-refractivity contribution in [1.82, 2.24) is 10.3 Å². The molecule has 1 aliphatic heterocycles. The number of halogens is 2. The highest BCUT2D eigenvalue weighted by Crippen LogP contribution is 2.38. The predicted octanol–water partition coefficient (Wildman–Crippen LogP) is 5.57. The van der Waals surface area contributed by atoms with Crippen molar-refractivity contribution in [2.45, 2.75) is 19.9 Å². The van der Waals surface area contributed by atoms with Crippen LogP contribution >= 0.6 is 23.2 Å². The van der Waals surface area contributed by atoms with Gasteiger partial charge in [-0.3, -0.25) is 5.32 Å². The third-order valence-electron chi connectivity index (χ3n) is 4.26. The Morgan fingerprint density at radius 2 is 1.81 bits per heavy atom. The quantitative estimate of drug-likeness (QED) is 0.429. The number of hydrogen-bond acceptors (Lipinski definition) is 6. The van der Waals surface area contributed by atoms with Crippen molar-refractivity contribution in [3.63, 3.8) is 0 Å². The van der Waals surface area contributed by atoms with Gasteiger partial charge in [-0.1, -0.05) is 46.6 Å². The van der Waals surface area contributed by atoms with Crippen molar-refractivity contribution >= 4 is 40.9 Å². The molecular weight excluding hydrogens is 443 g/mol. The van der Waals surface area contributed by atoms with E-state index < -0.39 is 18.0 Å². The molecule has 0 aliphatic carbocycles. The molecule has 2 aromatic carbocycles. The number of benzene rings is 2. The molecule has 1 N–H and O–H groups in total. The number of nitrogens with zero attached hydrogens (tertiary/aromatic N) is 3. The number of urea groups is 1. The van der Waals surface area contributed by atoms with E-state index >= 15 is 0 Å². The number of carbonyl (C=O) groups excluding carboxylic acids is 2. The number of ether oxygens (including phenoxy) is 2. The average molecular weight is 463 g/mol. The lowest BCUT2D eigenvalue weighted by molar-refractivity contribution is -0.139. The molecule has 1 unspecified atom stereocenters. The monoisotopic (exact) mass is 462 g/mol. The lowest BCUT2D eigenvalue weighted by atomic mass is 9.96. The van der Waals surface area contributed by atoms with Crippen LogP contribution in [0.15, 0.2) is 70.3 Å². The molecule has 2 amide bonds. The fourth-order valence-corrected chi connectivity index (χ4v) is 3.31. The minimum absolute atomic E-state index is 0.00573. The Labute approximate surface area is 189 Å². The normalized spacial score (nSPS) is 16.5. The van der Waals surface area contributed by atoms with Gasteiger partial charge in [0.05, 0.1) is 18.9 Å². The second kappa shape index (κ2) is 10.3. The summed E-state index contributed by atoms with van der Waals surface area (Å²) in [5, 5.41) is 12.7. The molecule has 1 atom stereocenters. The van der Waals surface area contributed by atoms with E-state index in [4.69, 9.17) is 32.7 Å². The maximum absolute atomic E-state index is 12.9. The van der Waals surface area contributed by atoms with Gasteiger partial charge < -0.3 is 9.47 Å². The first-order valence-corrected chi connectivity index (χ1v) is 10.3. The maximum Gasteiger partial charge on any atom is 0.346 e. The number of amides is 2. The Morgan fingerprint density at radius 1 is 1.10 bits per heavy atom. The number of rotatable bonds is 7. The topological polar surface area (TPSA) is 92.6 Å². The van der Waals surface area contributed by atoms with Gasteiger partial charge in [0.1, 0.15) is 11.6 Å². The predicted molar refractivity (Wildman–Crippen MR) is 116 cm³/mol. The molecule has 0 aromatic heterocycles. The van der Waals surface area contributed by atoms with Crippen molar-refractivity contribution in [3.05, 3.63) is 75.6 Å². The van der Waals surface area contributed by atoms with Crippen molar-refractivity contribution < 1.29 is 19.1 Å². The Kier molecular flexibility index (Phi) is 7.49. The second-order valence-corrected chi connectivity index (χ2v) is 7.10. The summed E-state index contributed by atoms with van der Waals surface area (Å²) in [6, 6.07) is 11.8. The van der Waals surface area contributed by atoms with E-state index in [1.54, 1.807) is 62.4 Å². The summed E-state index contributed by atoms with van der Waals surface area (Å²) in [4.78, 5) is 25.8. The van der Waals surface area contributed by atoms with Crippen molar-refractivity contribution in [2.75, 3.05) is 13.2 Å². The Hall–Kier alpha value is -3.10. The minimum atomic E-state index is -1.01. The van der Waals surface area contributed by atoms with Gasteiger partial charge in [0.25, 0.3) is 0 Å². The van der Waals surface area contributed by atoms with E-state index in [1.807, 2.05) is 0 Å². The zero-order valence-corrected chi connectivity index (χ0v) is 18.4. The highest BCUT2D eigenvalue weighted by Gasteiger charge is 2.42. The van der Waals surface area contributed by atoms with Crippen LogP contribution in [-0.2, 0) is 14.3 Å². The number of nitrogens with one attached hydrogen (secondary N) is 1. The van der Waals surface area contributed by atoms with Gasteiger partial charge in [0, 0.05) is 15.6 Å². The smallest absolute Gasteiger partial charge is 0.346 e. The van der Waals surface area contributed by atoms with Gasteiger partial charge in [-0.05, 0) is 44.2 Å². The second-order valence-electron chi connectivity index (χ2n) is 6.26. The van der Waals surface area contributed by atoms with E-state index in [0.717, 1.165) is 5.01 Å². The zero-order valence-electron chi connectivity index (χ0n) is 16.8. The molecule has 2 aromatic rings. The molecule has 162 valence electrons. The highest BCUT2D eigenvalue weighted by atomic mass is 35.5. The van der Waals surface area contributed by atoms with E-state index in [0.29, 0.717) is 21.3 Å². The van der Waals surface area contributed by atoms with Crippen molar-refractivity contribution in [3.8, 4) is 0 Å². The lowest BCUT2D eigenvalue weighted by Crippen LogP contribution is -2.47. The Morgan fingerprint density at radius 3 is 2.45 bits per heavy atom. The van der Waals surface area contributed by atoms with E-state index in [2.05, 4.69) is 15.7 Å². The molecule has 1 aliphatic rings. The number of hydrogen-bond donors (Lipinski definition) is 1. The molecule has 1 heterocycles. The average Bonchev–Trinajstić information content (AvgIpc) is 2.74. The standard InChI is InChI=1S/C21H20Cl2N4O4/c1-3-30-19-17(20(28)31-4-2)18(15-7-5-6-8-16(15)23)27(21(29)24-19)26-25-14-11-9-13(22)10-12-14/h5-12,18H,3-4H2,1-2H3,(H,24,29). The van der Waals surface area contributed by atoms with Crippen molar-refractivity contribution in [2.24, 2.45) is 10.3 Å². The summed E-state index contributed by atoms with van der Waals surface area (Å²) in [6.07, 6.45) is 0. The summed E-state index contributed by atoms with van der Waals surface area (Å²) >= 11 is 12.3. The SMILES string of the molecule is CCOC(=O)C1=C(OCC)NC(=O)N(N=Nc2ccc(Cl)cc2)C1c1ccccc1Cl. The van der Waals surface area contributed by atoms with Gasteiger partial charge >= 0.3 is 12.0 Å². The molecule has 0 saturated heterocycles. The molecular formula is C21H20Cl2N4O4. The van der Waals surface area contributed by atoms with Crippen molar-refractivity contribution in [1.29, 1.82) is 0 Å². The third-order valence-corrected chi connectivity index (χ3v) is 4.85. The molecule has 0 bridgehead atoms. The molecule has 0 spiro atoms. The Balaban J connectivity index is 2.14. The summed E-state index contributed by atoms with van der Waals surface area (Å²) in [5.74, 6) is -0.670. The first-order chi connectivity index (χ1) is 15.0. The van der Waals surface area contributed by atoms with Gasteiger partial charge in [-0.25, -0.2) is 9.59 Å². The summed E-state index contributed by atoms with van der Waals surface area (Å²) < 4.78 is 10.8. The minimum Gasteiger partial charge on any atom is -0.479 e. The zero-order chi connectivity index (χ0) is 22.4. The fraction of sp³-hybridized carbons (Fsp3) is 0.238. The summed E-state index contributed by atoms with van der Waals surface area (Å²) in [6.45, 7) is 3.78. The van der Waals surface area contributed by atoms with Crippen LogP contribution in [0.1, 0.15) is 25.5 Å². The highest BCUT2D eigenvalue weighted by molar-refractivity contribution is 6.31. The van der Waals surface area contributed by atoms with Crippen LogP contribution in [0.4, 0.5) is 10.5 Å². The molecule has 0 radical (unpaired) electrons. The van der Waals surface area contributed by atoms with E-state index in [9.17, 15) is 9.59 Å². The van der Waals surface area contributed by atoms with Crippen LogP contribution < -0.4 is 5.32 Å². The maximum atomic E-state index is 12.9. The first kappa shape index (κ1) is 22.6. The van der Waals surface area contributed by atoms with E-state index in [-0.39, 0.29) is 24.7 Å². The molecule has 3 rings (SSSR count). The molecule has 0 fully saturated rings. The van der Waals surface area contributed by atoms with Crippen LogP contribution in [0.25, 0.3) is 0 Å². The largest absolute Gasteiger partial charge is 0.479 e. The summed E-state index contributed by atoms with van der Waals surface area (Å²) in [7, 11) is 0. The molecule has 31 heavy (non-hydrogen) atoms. The van der Waals surface area contributed by atoms with Crippen LogP contribution in [-0.4, -0.2) is 30.2 Å². The van der Waals surface area contributed by atoms with Crippen LogP contribution in [0.3, 0.4) is 0 Å². The number of carbonyl (C=O) groups is 2. The number of esters is 1. The summed E-state index contributed by atoms with van der Waals surface area (Å²) in [5.41, 5.74) is 0.994. The first-order valence-electron chi connectivity index (χ1n) is 9.52. The third kappa shape index (κ3) is 5.15. The Bertz CT molecular complexity index is 1020. The fourth-order valence-electron chi connectivity index (χ4n) is 2.94.